The highest BCUT2D eigenvalue weighted by Gasteiger charge is 2.24. The molecule has 1 aliphatic rings. The van der Waals surface area contributed by atoms with E-state index in [0.29, 0.717) is 13.0 Å². The molecule has 1 amide bonds. The van der Waals surface area contributed by atoms with Crippen LogP contribution in [-0.4, -0.2) is 27.0 Å². The van der Waals surface area contributed by atoms with Crippen molar-refractivity contribution in [1.29, 1.82) is 0 Å². The SMILES string of the molecule is CC(C)n1c(=O)nc(N2CCCC2=O)[nH]c1=O. The highest BCUT2D eigenvalue weighted by atomic mass is 16.2. The number of H-pyrrole nitrogens is 1. The highest BCUT2D eigenvalue weighted by Crippen LogP contribution is 2.14. The Morgan fingerprint density at radius 2 is 2.00 bits per heavy atom. The predicted molar refractivity (Wildman–Crippen MR) is 61.1 cm³/mol. The fourth-order valence-electron chi connectivity index (χ4n) is 1.87. The van der Waals surface area contributed by atoms with E-state index in [4.69, 9.17) is 0 Å². The number of nitrogens with one attached hydrogen (secondary N) is 1. The Morgan fingerprint density at radius 3 is 2.47 bits per heavy atom. The molecule has 0 spiro atoms. The van der Waals surface area contributed by atoms with Crippen LogP contribution in [-0.2, 0) is 4.79 Å². The molecule has 2 heterocycles. The molecule has 2 rings (SSSR count). The summed E-state index contributed by atoms with van der Waals surface area (Å²) in [5.41, 5.74) is -1.16. The van der Waals surface area contributed by atoms with Crippen LogP contribution in [0.3, 0.4) is 0 Å². The summed E-state index contributed by atoms with van der Waals surface area (Å²) in [4.78, 5) is 42.4. The van der Waals surface area contributed by atoms with Crippen LogP contribution in [0.4, 0.5) is 5.95 Å². The molecule has 7 nitrogen and oxygen atoms in total. The lowest BCUT2D eigenvalue weighted by Gasteiger charge is -2.14. The van der Waals surface area contributed by atoms with Crippen molar-refractivity contribution in [1.82, 2.24) is 14.5 Å². The van der Waals surface area contributed by atoms with Gasteiger partial charge in [-0.05, 0) is 20.3 Å². The minimum atomic E-state index is -0.626. The Morgan fingerprint density at radius 1 is 1.29 bits per heavy atom. The molecule has 1 fully saturated rings. The second-order valence-electron chi connectivity index (χ2n) is 4.26. The van der Waals surface area contributed by atoms with Crippen molar-refractivity contribution in [2.75, 3.05) is 11.4 Å². The van der Waals surface area contributed by atoms with E-state index in [1.54, 1.807) is 13.8 Å². The van der Waals surface area contributed by atoms with Crippen molar-refractivity contribution in [2.24, 2.45) is 0 Å². The van der Waals surface area contributed by atoms with Gasteiger partial charge >= 0.3 is 11.4 Å². The monoisotopic (exact) mass is 238 g/mol. The Balaban J connectivity index is 2.49. The van der Waals surface area contributed by atoms with Crippen molar-refractivity contribution < 1.29 is 4.79 Å². The van der Waals surface area contributed by atoms with Crippen LogP contribution in [0, 0.1) is 0 Å². The molecule has 0 aromatic carbocycles. The van der Waals surface area contributed by atoms with Gasteiger partial charge in [0.1, 0.15) is 0 Å². The lowest BCUT2D eigenvalue weighted by Crippen LogP contribution is -2.41. The number of carbonyl (C=O) groups is 1. The van der Waals surface area contributed by atoms with Crippen LogP contribution in [0.5, 0.6) is 0 Å². The summed E-state index contributed by atoms with van der Waals surface area (Å²) in [5.74, 6) is -0.0609. The molecule has 0 atom stereocenters. The zero-order valence-electron chi connectivity index (χ0n) is 9.77. The maximum absolute atomic E-state index is 11.7. The van der Waals surface area contributed by atoms with Crippen LogP contribution in [0.25, 0.3) is 0 Å². The molecule has 92 valence electrons. The van der Waals surface area contributed by atoms with E-state index in [2.05, 4.69) is 9.97 Å². The number of rotatable bonds is 2. The quantitative estimate of drug-likeness (QED) is 0.762. The van der Waals surface area contributed by atoms with Gasteiger partial charge in [-0.3, -0.25) is 14.7 Å². The molecule has 0 aliphatic carbocycles. The second-order valence-corrected chi connectivity index (χ2v) is 4.26. The lowest BCUT2D eigenvalue weighted by atomic mass is 10.4. The normalized spacial score (nSPS) is 15.9. The van der Waals surface area contributed by atoms with Crippen LogP contribution >= 0.6 is 0 Å². The predicted octanol–water partition coefficient (Wildman–Crippen LogP) is -0.361. The number of aromatic amines is 1. The average Bonchev–Trinajstić information content (AvgIpc) is 2.62. The summed E-state index contributed by atoms with van der Waals surface area (Å²) in [7, 11) is 0. The molecule has 1 saturated heterocycles. The summed E-state index contributed by atoms with van der Waals surface area (Å²) >= 11 is 0. The number of carbonyl (C=O) groups excluding carboxylic acids is 1. The Labute approximate surface area is 97.1 Å². The van der Waals surface area contributed by atoms with E-state index in [0.717, 1.165) is 11.0 Å². The van der Waals surface area contributed by atoms with Gasteiger partial charge in [0, 0.05) is 19.0 Å². The molecule has 0 bridgehead atoms. The molecule has 1 aromatic rings. The number of hydrogen-bond donors (Lipinski definition) is 1. The summed E-state index contributed by atoms with van der Waals surface area (Å²) in [5, 5.41) is 0. The van der Waals surface area contributed by atoms with E-state index in [1.807, 2.05) is 0 Å². The van der Waals surface area contributed by atoms with E-state index < -0.39 is 11.4 Å². The van der Waals surface area contributed by atoms with Crippen LogP contribution in [0.2, 0.25) is 0 Å². The fourth-order valence-corrected chi connectivity index (χ4v) is 1.87. The molecule has 1 N–H and O–H groups in total. The topological polar surface area (TPSA) is 88.1 Å². The van der Waals surface area contributed by atoms with Gasteiger partial charge < -0.3 is 0 Å². The van der Waals surface area contributed by atoms with E-state index in [9.17, 15) is 14.4 Å². The van der Waals surface area contributed by atoms with Gasteiger partial charge in [-0.25, -0.2) is 14.2 Å². The van der Waals surface area contributed by atoms with Crippen molar-refractivity contribution in [3.05, 3.63) is 21.0 Å². The maximum Gasteiger partial charge on any atom is 0.355 e. The van der Waals surface area contributed by atoms with Gasteiger partial charge in [-0.2, -0.15) is 4.98 Å². The van der Waals surface area contributed by atoms with Gasteiger partial charge in [0.15, 0.2) is 0 Å². The summed E-state index contributed by atoms with van der Waals surface area (Å²) < 4.78 is 1.02. The van der Waals surface area contributed by atoms with Gasteiger partial charge in [-0.1, -0.05) is 0 Å². The third-order valence-electron chi connectivity index (χ3n) is 2.69. The Bertz CT molecular complexity index is 526. The first-order chi connectivity index (χ1) is 8.00. The maximum atomic E-state index is 11.7. The average molecular weight is 238 g/mol. The largest absolute Gasteiger partial charge is 0.355 e. The number of aromatic nitrogens is 3. The number of hydrogen-bond acceptors (Lipinski definition) is 4. The van der Waals surface area contributed by atoms with Gasteiger partial charge in [0.2, 0.25) is 11.9 Å². The van der Waals surface area contributed by atoms with Crippen molar-refractivity contribution >= 4 is 11.9 Å². The van der Waals surface area contributed by atoms with E-state index in [1.165, 1.54) is 4.90 Å². The summed E-state index contributed by atoms with van der Waals surface area (Å²) in [6.45, 7) is 3.94. The van der Waals surface area contributed by atoms with Crippen molar-refractivity contribution in [3.8, 4) is 0 Å². The second kappa shape index (κ2) is 4.15. The lowest BCUT2D eigenvalue weighted by molar-refractivity contribution is -0.117. The van der Waals surface area contributed by atoms with Crippen LogP contribution in [0.1, 0.15) is 32.7 Å². The minimum absolute atomic E-state index is 0.0550. The third kappa shape index (κ3) is 2.00. The third-order valence-corrected chi connectivity index (χ3v) is 2.69. The van der Waals surface area contributed by atoms with E-state index >= 15 is 0 Å². The fraction of sp³-hybridized carbons (Fsp3) is 0.600. The van der Waals surface area contributed by atoms with Gasteiger partial charge in [-0.15, -0.1) is 0 Å². The minimum Gasteiger partial charge on any atom is -0.282 e. The molecule has 1 aliphatic heterocycles. The molecule has 7 heteroatoms. The molecular weight excluding hydrogens is 224 g/mol. The standard InChI is InChI=1S/C10H14N4O3/c1-6(2)14-9(16)11-8(12-10(14)17)13-5-3-4-7(13)15/h6H,3-5H2,1-2H3,(H,11,12,16,17). The summed E-state index contributed by atoms with van der Waals surface area (Å²) in [6.07, 6.45) is 1.15. The summed E-state index contributed by atoms with van der Waals surface area (Å²) in [6, 6.07) is -0.262. The molecule has 0 saturated carbocycles. The molecule has 17 heavy (non-hydrogen) atoms. The number of anilines is 1. The van der Waals surface area contributed by atoms with Crippen LogP contribution < -0.4 is 16.3 Å². The first-order valence-corrected chi connectivity index (χ1v) is 5.54. The zero-order valence-corrected chi connectivity index (χ0v) is 9.77. The smallest absolute Gasteiger partial charge is 0.282 e. The first kappa shape index (κ1) is 11.6. The van der Waals surface area contributed by atoms with Crippen molar-refractivity contribution in [2.45, 2.75) is 32.7 Å². The Kier molecular flexibility index (Phi) is 2.83. The van der Waals surface area contributed by atoms with Gasteiger partial charge in [0.25, 0.3) is 0 Å². The highest BCUT2D eigenvalue weighted by molar-refractivity contribution is 5.93. The zero-order chi connectivity index (χ0) is 12.6. The number of nitrogens with zero attached hydrogens (tertiary/aromatic N) is 3. The molecule has 1 aromatic heterocycles. The Hall–Kier alpha value is -1.92. The molecular formula is C10H14N4O3. The molecule has 0 unspecified atom stereocenters. The van der Waals surface area contributed by atoms with Gasteiger partial charge in [0.05, 0.1) is 0 Å². The first-order valence-electron chi connectivity index (χ1n) is 5.54. The number of amides is 1. The van der Waals surface area contributed by atoms with Crippen LogP contribution in [0.15, 0.2) is 9.59 Å². The van der Waals surface area contributed by atoms with E-state index in [-0.39, 0.29) is 17.9 Å². The van der Waals surface area contributed by atoms with Crippen molar-refractivity contribution in [3.63, 3.8) is 0 Å². The molecule has 0 radical (unpaired) electrons.